The lowest BCUT2D eigenvalue weighted by Gasteiger charge is -2.14. The largest absolute Gasteiger partial charge is 0.324 e. The lowest BCUT2D eigenvalue weighted by Crippen LogP contribution is -2.23. The van der Waals surface area contributed by atoms with E-state index in [1.807, 2.05) is 19.1 Å². The number of aromatic nitrogens is 2. The Morgan fingerprint density at radius 1 is 1.15 bits per heavy atom. The molecule has 0 radical (unpaired) electrons. The molecule has 0 saturated carbocycles. The molecule has 1 aromatic heterocycles. The number of fused-ring (bicyclic) bond motifs is 1. The lowest BCUT2D eigenvalue weighted by molar-refractivity contribution is -0.113. The van der Waals surface area contributed by atoms with E-state index in [2.05, 4.69) is 10.3 Å². The highest BCUT2D eigenvalue weighted by Gasteiger charge is 2.16. The molecule has 0 bridgehead atoms. The third-order valence-electron chi connectivity index (χ3n) is 4.87. The number of rotatable bonds is 5. The minimum Gasteiger partial charge on any atom is -0.324 e. The van der Waals surface area contributed by atoms with Gasteiger partial charge in [-0.1, -0.05) is 53.2 Å². The fourth-order valence-electron chi connectivity index (χ4n) is 3.19. The van der Waals surface area contributed by atoms with Crippen molar-refractivity contribution in [2.45, 2.75) is 12.1 Å². The van der Waals surface area contributed by atoms with Crippen molar-refractivity contribution in [3.63, 3.8) is 0 Å². The van der Waals surface area contributed by atoms with Crippen LogP contribution in [0.15, 0.2) is 70.6 Å². The van der Waals surface area contributed by atoms with E-state index in [0.29, 0.717) is 43.0 Å². The monoisotopic (exact) mass is 494 g/mol. The Morgan fingerprint density at radius 3 is 2.70 bits per heavy atom. The van der Waals surface area contributed by atoms with Crippen molar-refractivity contribution >= 4 is 57.5 Å². The number of nitrogens with zero attached hydrogens (tertiary/aromatic N) is 3. The number of amides is 1. The lowest BCUT2D eigenvalue weighted by atomic mass is 10.2. The number of nitriles is 1. The molecular formula is C24H16Cl2N4O2S. The Bertz CT molecular complexity index is 1490. The van der Waals surface area contributed by atoms with E-state index < -0.39 is 0 Å². The highest BCUT2D eigenvalue weighted by molar-refractivity contribution is 7.99. The van der Waals surface area contributed by atoms with Gasteiger partial charge in [0.15, 0.2) is 5.16 Å². The van der Waals surface area contributed by atoms with Crippen LogP contribution in [-0.2, 0) is 4.79 Å². The summed E-state index contributed by atoms with van der Waals surface area (Å²) in [5.41, 5.74) is 2.33. The topological polar surface area (TPSA) is 87.8 Å². The third-order valence-corrected chi connectivity index (χ3v) is 6.45. The summed E-state index contributed by atoms with van der Waals surface area (Å²) in [6.45, 7) is 1.87. The summed E-state index contributed by atoms with van der Waals surface area (Å²) in [4.78, 5) is 30.6. The van der Waals surface area contributed by atoms with Gasteiger partial charge < -0.3 is 5.32 Å². The van der Waals surface area contributed by atoms with Gasteiger partial charge in [-0.05, 0) is 55.0 Å². The second-order valence-electron chi connectivity index (χ2n) is 7.12. The van der Waals surface area contributed by atoms with Crippen molar-refractivity contribution in [2.24, 2.45) is 0 Å². The fourth-order valence-corrected chi connectivity index (χ4v) is 4.35. The number of para-hydroxylation sites is 1. The number of hydrogen-bond donors (Lipinski definition) is 1. The Labute approximate surface area is 203 Å². The van der Waals surface area contributed by atoms with Gasteiger partial charge >= 0.3 is 0 Å². The van der Waals surface area contributed by atoms with Gasteiger partial charge in [0.05, 0.1) is 33.6 Å². The number of carbonyl (C=O) groups is 1. The highest BCUT2D eigenvalue weighted by atomic mass is 35.5. The minimum atomic E-state index is -0.366. The first-order valence-electron chi connectivity index (χ1n) is 9.78. The van der Waals surface area contributed by atoms with E-state index in [9.17, 15) is 14.9 Å². The van der Waals surface area contributed by atoms with Crippen molar-refractivity contribution in [2.75, 3.05) is 11.1 Å². The number of carbonyl (C=O) groups excluding carboxylic acids is 1. The summed E-state index contributed by atoms with van der Waals surface area (Å²) in [5.74, 6) is -0.406. The molecule has 33 heavy (non-hydrogen) atoms. The first-order valence-corrected chi connectivity index (χ1v) is 11.5. The van der Waals surface area contributed by atoms with Gasteiger partial charge in [0.25, 0.3) is 5.56 Å². The molecule has 0 aliphatic heterocycles. The molecule has 6 nitrogen and oxygen atoms in total. The Kier molecular flexibility index (Phi) is 6.70. The molecule has 164 valence electrons. The standard InChI is InChI=1S/C24H16Cl2N4O2S/c1-14-6-9-17(11-19(14)26)30-23(32)18-4-2-3-5-20(18)29-24(30)33-13-22(31)28-21-10-16(25)8-7-15(21)12-27/h2-11H,13H2,1H3,(H,28,31). The normalized spacial score (nSPS) is 10.7. The van der Waals surface area contributed by atoms with Gasteiger partial charge in [-0.2, -0.15) is 5.26 Å². The van der Waals surface area contributed by atoms with Gasteiger partial charge in [0, 0.05) is 10.0 Å². The van der Waals surface area contributed by atoms with Gasteiger partial charge in [-0.25, -0.2) is 4.98 Å². The number of benzene rings is 3. The van der Waals surface area contributed by atoms with E-state index in [0.717, 1.165) is 17.3 Å². The number of anilines is 1. The van der Waals surface area contributed by atoms with E-state index >= 15 is 0 Å². The summed E-state index contributed by atoms with van der Waals surface area (Å²) in [6.07, 6.45) is 0. The molecular weight excluding hydrogens is 479 g/mol. The second-order valence-corrected chi connectivity index (χ2v) is 8.91. The molecule has 0 spiro atoms. The Hall–Kier alpha value is -3.31. The van der Waals surface area contributed by atoms with E-state index in [4.69, 9.17) is 23.2 Å². The van der Waals surface area contributed by atoms with Crippen LogP contribution in [0.3, 0.4) is 0 Å². The first kappa shape index (κ1) is 22.9. The van der Waals surface area contributed by atoms with Crippen LogP contribution in [0.4, 0.5) is 5.69 Å². The molecule has 1 N–H and O–H groups in total. The van der Waals surface area contributed by atoms with Crippen LogP contribution in [0.2, 0.25) is 10.0 Å². The average Bonchev–Trinajstić information content (AvgIpc) is 2.80. The SMILES string of the molecule is Cc1ccc(-n2c(SCC(=O)Nc3cc(Cl)ccc3C#N)nc3ccccc3c2=O)cc1Cl. The van der Waals surface area contributed by atoms with Gasteiger partial charge in [-0.15, -0.1) is 0 Å². The molecule has 0 aliphatic rings. The van der Waals surface area contributed by atoms with Crippen LogP contribution in [0, 0.1) is 18.3 Å². The zero-order valence-corrected chi connectivity index (χ0v) is 19.6. The maximum absolute atomic E-state index is 13.3. The van der Waals surface area contributed by atoms with Crippen molar-refractivity contribution in [3.8, 4) is 11.8 Å². The minimum absolute atomic E-state index is 0.0399. The van der Waals surface area contributed by atoms with Gasteiger partial charge in [0.2, 0.25) is 5.91 Å². The summed E-state index contributed by atoms with van der Waals surface area (Å²) < 4.78 is 1.45. The molecule has 4 rings (SSSR count). The number of aryl methyl sites for hydroxylation is 1. The van der Waals surface area contributed by atoms with Crippen LogP contribution in [0.1, 0.15) is 11.1 Å². The molecule has 0 unspecified atom stereocenters. The van der Waals surface area contributed by atoms with Crippen LogP contribution >= 0.6 is 35.0 Å². The number of hydrogen-bond acceptors (Lipinski definition) is 5. The molecule has 9 heteroatoms. The second kappa shape index (κ2) is 9.67. The van der Waals surface area contributed by atoms with E-state index in [1.165, 1.54) is 16.7 Å². The quantitative estimate of drug-likeness (QED) is 0.288. The van der Waals surface area contributed by atoms with Gasteiger partial charge in [-0.3, -0.25) is 14.2 Å². The van der Waals surface area contributed by atoms with Gasteiger partial charge in [0.1, 0.15) is 6.07 Å². The maximum Gasteiger partial charge on any atom is 0.266 e. The predicted octanol–water partition coefficient (Wildman–Crippen LogP) is 5.60. The summed E-state index contributed by atoms with van der Waals surface area (Å²) in [7, 11) is 0. The average molecular weight is 495 g/mol. The first-order chi connectivity index (χ1) is 15.9. The molecule has 4 aromatic rings. The van der Waals surface area contributed by atoms with Crippen LogP contribution in [-0.4, -0.2) is 21.2 Å². The van der Waals surface area contributed by atoms with E-state index in [-0.39, 0.29) is 17.2 Å². The smallest absolute Gasteiger partial charge is 0.266 e. The summed E-state index contributed by atoms with van der Waals surface area (Å²) in [6, 6.07) is 19.0. The Morgan fingerprint density at radius 2 is 1.94 bits per heavy atom. The third kappa shape index (κ3) is 4.88. The number of nitrogens with one attached hydrogen (secondary N) is 1. The Balaban J connectivity index is 1.69. The molecule has 0 saturated heterocycles. The molecule has 0 atom stereocenters. The summed E-state index contributed by atoms with van der Waals surface area (Å²) in [5, 5.41) is 13.7. The molecule has 3 aromatic carbocycles. The van der Waals surface area contributed by atoms with Crippen molar-refractivity contribution in [1.29, 1.82) is 5.26 Å². The fraction of sp³-hybridized carbons (Fsp3) is 0.0833. The van der Waals surface area contributed by atoms with E-state index in [1.54, 1.807) is 42.5 Å². The molecule has 1 heterocycles. The van der Waals surface area contributed by atoms with Crippen molar-refractivity contribution < 1.29 is 4.79 Å². The molecule has 0 aliphatic carbocycles. The van der Waals surface area contributed by atoms with Crippen LogP contribution in [0.25, 0.3) is 16.6 Å². The molecule has 0 fully saturated rings. The maximum atomic E-state index is 13.3. The number of thioether (sulfide) groups is 1. The molecule has 1 amide bonds. The summed E-state index contributed by atoms with van der Waals surface area (Å²) >= 11 is 13.4. The van der Waals surface area contributed by atoms with Crippen LogP contribution < -0.4 is 10.9 Å². The zero-order valence-electron chi connectivity index (χ0n) is 17.3. The van der Waals surface area contributed by atoms with Crippen molar-refractivity contribution in [1.82, 2.24) is 9.55 Å². The zero-order chi connectivity index (χ0) is 23.5. The predicted molar refractivity (Wildman–Crippen MR) is 133 cm³/mol. The number of halogens is 2. The highest BCUT2D eigenvalue weighted by Crippen LogP contribution is 2.25. The van der Waals surface area contributed by atoms with Crippen molar-refractivity contribution in [3.05, 3.63) is 92.2 Å². The van der Waals surface area contributed by atoms with Crippen LogP contribution in [0.5, 0.6) is 0 Å².